The number of hydrogen-bond acceptors (Lipinski definition) is 2. The van der Waals surface area contributed by atoms with Crippen molar-refractivity contribution in [3.05, 3.63) is 29.8 Å². The van der Waals surface area contributed by atoms with Crippen LogP contribution in [-0.4, -0.2) is 30.4 Å². The average molecular weight is 268 g/mol. The normalized spacial score (nSPS) is 20.3. The van der Waals surface area contributed by atoms with E-state index in [0.29, 0.717) is 5.92 Å². The van der Waals surface area contributed by atoms with Crippen LogP contribution in [0.25, 0.3) is 0 Å². The smallest absolute Gasteiger partial charge is 0.238 e. The monoisotopic (exact) mass is 268 g/mol. The molecule has 0 saturated carbocycles. The Bertz CT molecular complexity index is 445. The largest absolute Gasteiger partial charge is 0.320 e. The predicted molar refractivity (Wildman–Crippen MR) is 69.8 cm³/mol. The molecule has 5 heteroatoms. The number of carbonyl (C=O) groups is 1. The topological polar surface area (TPSA) is 32.3 Å². The van der Waals surface area contributed by atoms with Crippen molar-refractivity contribution in [3.63, 3.8) is 0 Å². The second kappa shape index (κ2) is 6.10. The van der Waals surface area contributed by atoms with E-state index in [9.17, 15) is 13.6 Å². The number of likely N-dealkylation sites (tertiary alicyclic amines) is 1. The zero-order chi connectivity index (χ0) is 13.8. The van der Waals surface area contributed by atoms with Crippen molar-refractivity contribution in [2.75, 3.05) is 25.0 Å². The molecule has 0 bridgehead atoms. The molecule has 1 aliphatic rings. The van der Waals surface area contributed by atoms with Crippen molar-refractivity contribution < 1.29 is 13.6 Å². The fraction of sp³-hybridized carbons (Fsp3) is 0.500. The quantitative estimate of drug-likeness (QED) is 0.914. The summed E-state index contributed by atoms with van der Waals surface area (Å²) in [6, 6.07) is 3.52. The first-order valence-electron chi connectivity index (χ1n) is 6.52. The highest BCUT2D eigenvalue weighted by Crippen LogP contribution is 2.19. The number of nitrogens with one attached hydrogen (secondary N) is 1. The van der Waals surface area contributed by atoms with E-state index in [1.807, 2.05) is 4.90 Å². The van der Waals surface area contributed by atoms with Gasteiger partial charge in [0.1, 0.15) is 17.3 Å². The van der Waals surface area contributed by atoms with Gasteiger partial charge in [0.25, 0.3) is 0 Å². The summed E-state index contributed by atoms with van der Waals surface area (Å²) in [6.45, 7) is 4.03. The molecule has 1 aromatic carbocycles. The van der Waals surface area contributed by atoms with Gasteiger partial charge in [0, 0.05) is 6.54 Å². The van der Waals surface area contributed by atoms with Gasteiger partial charge in [-0.15, -0.1) is 0 Å². The summed E-state index contributed by atoms with van der Waals surface area (Å²) in [4.78, 5) is 13.8. The van der Waals surface area contributed by atoms with E-state index in [4.69, 9.17) is 0 Å². The highest BCUT2D eigenvalue weighted by molar-refractivity contribution is 5.92. The van der Waals surface area contributed by atoms with Crippen LogP contribution in [0.15, 0.2) is 18.2 Å². The summed E-state index contributed by atoms with van der Waals surface area (Å²) >= 11 is 0. The van der Waals surface area contributed by atoms with Crippen molar-refractivity contribution in [2.45, 2.75) is 19.8 Å². The number of piperidine rings is 1. The van der Waals surface area contributed by atoms with E-state index in [-0.39, 0.29) is 18.1 Å². The maximum Gasteiger partial charge on any atom is 0.238 e. The van der Waals surface area contributed by atoms with Crippen LogP contribution in [0.4, 0.5) is 14.5 Å². The third-order valence-electron chi connectivity index (χ3n) is 3.34. The van der Waals surface area contributed by atoms with E-state index >= 15 is 0 Å². The first kappa shape index (κ1) is 13.9. The summed E-state index contributed by atoms with van der Waals surface area (Å²) in [5.41, 5.74) is -0.363. The lowest BCUT2D eigenvalue weighted by molar-refractivity contribution is -0.117. The summed E-state index contributed by atoms with van der Waals surface area (Å²) < 4.78 is 26.8. The van der Waals surface area contributed by atoms with Crippen LogP contribution >= 0.6 is 0 Å². The van der Waals surface area contributed by atoms with Gasteiger partial charge in [-0.1, -0.05) is 13.0 Å². The first-order valence-corrected chi connectivity index (χ1v) is 6.52. The number of halogens is 2. The molecule has 1 atom stereocenters. The molecule has 19 heavy (non-hydrogen) atoms. The number of para-hydroxylation sites is 1. The molecule has 1 saturated heterocycles. The van der Waals surface area contributed by atoms with Crippen LogP contribution in [0.2, 0.25) is 0 Å². The van der Waals surface area contributed by atoms with Gasteiger partial charge in [-0.25, -0.2) is 8.78 Å². The molecule has 0 radical (unpaired) electrons. The Morgan fingerprint density at radius 3 is 2.74 bits per heavy atom. The molecule has 1 aliphatic heterocycles. The minimum atomic E-state index is -0.750. The minimum absolute atomic E-state index is 0.179. The number of carbonyl (C=O) groups excluding carboxylic acids is 1. The maximum absolute atomic E-state index is 13.4. The molecule has 1 aromatic rings. The Labute approximate surface area is 111 Å². The summed E-state index contributed by atoms with van der Waals surface area (Å²) in [5, 5.41) is 2.31. The molecule has 2 rings (SSSR count). The predicted octanol–water partition coefficient (Wildman–Crippen LogP) is 2.64. The zero-order valence-electron chi connectivity index (χ0n) is 11.0. The number of rotatable bonds is 3. The Kier molecular flexibility index (Phi) is 4.47. The molecule has 0 spiro atoms. The van der Waals surface area contributed by atoms with Gasteiger partial charge in [-0.2, -0.15) is 0 Å². The SMILES string of the molecule is C[C@H]1CCCN(CC(=O)Nc2c(F)cccc2F)C1. The molecule has 1 fully saturated rings. The number of nitrogens with zero attached hydrogens (tertiary/aromatic N) is 1. The number of hydrogen-bond donors (Lipinski definition) is 1. The number of anilines is 1. The van der Waals surface area contributed by atoms with Crippen LogP contribution in [0.1, 0.15) is 19.8 Å². The highest BCUT2D eigenvalue weighted by Gasteiger charge is 2.19. The number of benzene rings is 1. The molecule has 0 unspecified atom stereocenters. The van der Waals surface area contributed by atoms with Crippen molar-refractivity contribution >= 4 is 11.6 Å². The van der Waals surface area contributed by atoms with Gasteiger partial charge in [0.05, 0.1) is 6.54 Å². The fourth-order valence-corrected chi connectivity index (χ4v) is 2.43. The summed E-state index contributed by atoms with van der Waals surface area (Å²) in [5.74, 6) is -1.31. The zero-order valence-corrected chi connectivity index (χ0v) is 11.0. The van der Waals surface area contributed by atoms with E-state index in [0.717, 1.165) is 31.6 Å². The second-order valence-corrected chi connectivity index (χ2v) is 5.13. The molecule has 1 amide bonds. The van der Waals surface area contributed by atoms with Crippen molar-refractivity contribution in [1.82, 2.24) is 4.90 Å². The van der Waals surface area contributed by atoms with Crippen LogP contribution in [0.5, 0.6) is 0 Å². The van der Waals surface area contributed by atoms with Crippen LogP contribution in [0.3, 0.4) is 0 Å². The molecular weight excluding hydrogens is 250 g/mol. The third kappa shape index (κ3) is 3.73. The van der Waals surface area contributed by atoms with Crippen molar-refractivity contribution in [2.24, 2.45) is 5.92 Å². The highest BCUT2D eigenvalue weighted by atomic mass is 19.1. The fourth-order valence-electron chi connectivity index (χ4n) is 2.43. The van der Waals surface area contributed by atoms with E-state index < -0.39 is 11.6 Å². The molecule has 3 nitrogen and oxygen atoms in total. The first-order chi connectivity index (χ1) is 9.06. The van der Waals surface area contributed by atoms with Gasteiger partial charge in [-0.3, -0.25) is 9.69 Å². The van der Waals surface area contributed by atoms with Crippen molar-refractivity contribution in [3.8, 4) is 0 Å². The van der Waals surface area contributed by atoms with Crippen LogP contribution < -0.4 is 5.32 Å². The second-order valence-electron chi connectivity index (χ2n) is 5.13. The molecular formula is C14H18F2N2O. The Hall–Kier alpha value is -1.49. The lowest BCUT2D eigenvalue weighted by Gasteiger charge is -2.30. The van der Waals surface area contributed by atoms with E-state index in [1.165, 1.54) is 12.5 Å². The average Bonchev–Trinajstić information content (AvgIpc) is 2.34. The van der Waals surface area contributed by atoms with Gasteiger partial charge < -0.3 is 5.32 Å². The molecule has 1 heterocycles. The van der Waals surface area contributed by atoms with Gasteiger partial charge in [0.2, 0.25) is 5.91 Å². The van der Waals surface area contributed by atoms with Crippen LogP contribution in [-0.2, 0) is 4.79 Å². The Morgan fingerprint density at radius 1 is 1.42 bits per heavy atom. The van der Waals surface area contributed by atoms with Gasteiger partial charge >= 0.3 is 0 Å². The van der Waals surface area contributed by atoms with Gasteiger partial charge in [0.15, 0.2) is 0 Å². The van der Waals surface area contributed by atoms with E-state index in [1.54, 1.807) is 0 Å². The molecule has 104 valence electrons. The standard InChI is InChI=1S/C14H18F2N2O/c1-10-4-3-7-18(8-10)9-13(19)17-14-11(15)5-2-6-12(14)16/h2,5-6,10H,3-4,7-9H2,1H3,(H,17,19)/t10-/m0/s1. The minimum Gasteiger partial charge on any atom is -0.320 e. The van der Waals surface area contributed by atoms with Crippen molar-refractivity contribution in [1.29, 1.82) is 0 Å². The summed E-state index contributed by atoms with van der Waals surface area (Å²) in [7, 11) is 0. The lowest BCUT2D eigenvalue weighted by atomic mass is 10.0. The van der Waals surface area contributed by atoms with Crippen LogP contribution in [0, 0.1) is 17.6 Å². The number of amides is 1. The maximum atomic E-state index is 13.4. The third-order valence-corrected chi connectivity index (χ3v) is 3.34. The molecule has 1 N–H and O–H groups in total. The Balaban J connectivity index is 1.94. The van der Waals surface area contributed by atoms with Gasteiger partial charge in [-0.05, 0) is 37.4 Å². The Morgan fingerprint density at radius 2 is 2.11 bits per heavy atom. The summed E-state index contributed by atoms with van der Waals surface area (Å²) in [6.07, 6.45) is 2.22. The lowest BCUT2D eigenvalue weighted by Crippen LogP contribution is -2.39. The van der Waals surface area contributed by atoms with E-state index in [2.05, 4.69) is 12.2 Å². The molecule has 0 aromatic heterocycles. The molecule has 0 aliphatic carbocycles.